The van der Waals surface area contributed by atoms with Crippen LogP contribution in [0.2, 0.25) is 0 Å². The number of sulfonamides is 1. The van der Waals surface area contributed by atoms with Crippen molar-refractivity contribution < 1.29 is 13.5 Å². The van der Waals surface area contributed by atoms with Gasteiger partial charge in [0, 0.05) is 16.1 Å². The Labute approximate surface area is 126 Å². The second kappa shape index (κ2) is 5.39. The van der Waals surface area contributed by atoms with Gasteiger partial charge in [0.2, 0.25) is 5.03 Å². The predicted molar refractivity (Wildman–Crippen MR) is 78.8 cm³/mol. The minimum atomic E-state index is -3.84. The van der Waals surface area contributed by atoms with Crippen molar-refractivity contribution in [3.8, 4) is 0 Å². The number of nitrogens with zero attached hydrogens (tertiary/aromatic N) is 2. The minimum Gasteiger partial charge on any atom is -0.392 e. The van der Waals surface area contributed by atoms with Crippen LogP contribution in [0.15, 0.2) is 5.03 Å². The fraction of sp³-hybridized carbons (Fsp3) is 0.500. The van der Waals surface area contributed by atoms with Crippen LogP contribution in [0.5, 0.6) is 0 Å². The Hall–Kier alpha value is -1.45. The number of aromatic nitrogens is 3. The lowest BCUT2D eigenvalue weighted by Crippen LogP contribution is -2.15. The van der Waals surface area contributed by atoms with E-state index in [4.69, 9.17) is 0 Å². The Balaban J connectivity index is 1.90. The van der Waals surface area contributed by atoms with E-state index in [2.05, 4.69) is 19.9 Å². The first-order chi connectivity index (χ1) is 10.0. The SMILES string of the molecule is Cc1[nH]nc(S(=O)(=O)Nc2nc3c(s2)CCCC3)c1CO. The van der Waals surface area contributed by atoms with Crippen LogP contribution >= 0.6 is 11.3 Å². The van der Waals surface area contributed by atoms with Gasteiger partial charge in [0.1, 0.15) is 0 Å². The molecule has 0 saturated heterocycles. The van der Waals surface area contributed by atoms with Crippen molar-refractivity contribution in [2.75, 3.05) is 4.72 Å². The Morgan fingerprint density at radius 3 is 2.86 bits per heavy atom. The number of fused-ring (bicyclic) bond motifs is 1. The average molecular weight is 328 g/mol. The normalized spacial score (nSPS) is 15.0. The molecule has 0 saturated carbocycles. The molecule has 3 rings (SSSR count). The lowest BCUT2D eigenvalue weighted by Gasteiger charge is -2.06. The summed E-state index contributed by atoms with van der Waals surface area (Å²) in [5, 5.41) is 15.8. The number of aliphatic hydroxyl groups is 1. The van der Waals surface area contributed by atoms with Gasteiger partial charge in [0.05, 0.1) is 12.3 Å². The first kappa shape index (κ1) is 14.5. The Morgan fingerprint density at radius 2 is 2.14 bits per heavy atom. The Kier molecular flexibility index (Phi) is 3.72. The molecule has 0 spiro atoms. The second-order valence-corrected chi connectivity index (χ2v) is 7.67. The number of aliphatic hydroxyl groups excluding tert-OH is 1. The van der Waals surface area contributed by atoms with E-state index in [0.717, 1.165) is 36.3 Å². The molecule has 0 aliphatic heterocycles. The van der Waals surface area contributed by atoms with Crippen LogP contribution in [-0.2, 0) is 29.5 Å². The molecule has 0 unspecified atom stereocenters. The highest BCUT2D eigenvalue weighted by atomic mass is 32.2. The van der Waals surface area contributed by atoms with Crippen LogP contribution in [0.3, 0.4) is 0 Å². The molecular formula is C12H16N4O3S2. The standard InChI is InChI=1S/C12H16N4O3S2/c1-7-8(6-17)11(15-14-7)21(18,19)16-12-13-9-4-2-3-5-10(9)20-12/h17H,2-6H2,1H3,(H,13,16)(H,14,15). The summed E-state index contributed by atoms with van der Waals surface area (Å²) in [5.41, 5.74) is 1.81. The van der Waals surface area contributed by atoms with Crippen LogP contribution in [0.1, 0.15) is 34.7 Å². The van der Waals surface area contributed by atoms with Gasteiger partial charge >= 0.3 is 0 Å². The summed E-state index contributed by atoms with van der Waals surface area (Å²) < 4.78 is 27.2. The summed E-state index contributed by atoms with van der Waals surface area (Å²) in [6.45, 7) is 1.28. The molecule has 21 heavy (non-hydrogen) atoms. The van der Waals surface area contributed by atoms with Crippen molar-refractivity contribution >= 4 is 26.5 Å². The Bertz CT molecular complexity index is 740. The van der Waals surface area contributed by atoms with Gasteiger partial charge in [-0.25, -0.2) is 4.98 Å². The van der Waals surface area contributed by atoms with Gasteiger partial charge in [-0.05, 0) is 32.6 Å². The van der Waals surface area contributed by atoms with Crippen molar-refractivity contribution in [1.29, 1.82) is 0 Å². The number of hydrogen-bond donors (Lipinski definition) is 3. The van der Waals surface area contributed by atoms with Gasteiger partial charge in [-0.3, -0.25) is 9.82 Å². The molecule has 2 heterocycles. The number of H-pyrrole nitrogens is 1. The highest BCUT2D eigenvalue weighted by Crippen LogP contribution is 2.31. The maximum Gasteiger partial charge on any atom is 0.283 e. The largest absolute Gasteiger partial charge is 0.392 e. The monoisotopic (exact) mass is 328 g/mol. The van der Waals surface area contributed by atoms with Crippen LogP contribution in [0.4, 0.5) is 5.13 Å². The maximum atomic E-state index is 12.4. The van der Waals surface area contributed by atoms with Crippen LogP contribution in [0, 0.1) is 6.92 Å². The van der Waals surface area contributed by atoms with E-state index >= 15 is 0 Å². The summed E-state index contributed by atoms with van der Waals surface area (Å²) in [6, 6.07) is 0. The molecule has 0 bridgehead atoms. The van der Waals surface area contributed by atoms with Crippen molar-refractivity contribution in [3.63, 3.8) is 0 Å². The van der Waals surface area contributed by atoms with E-state index in [1.807, 2.05) is 0 Å². The zero-order chi connectivity index (χ0) is 15.0. The highest BCUT2D eigenvalue weighted by Gasteiger charge is 2.25. The molecule has 2 aromatic rings. The molecule has 1 aliphatic rings. The summed E-state index contributed by atoms with van der Waals surface area (Å²) in [7, 11) is -3.84. The third-order valence-corrected chi connectivity index (χ3v) is 6.03. The summed E-state index contributed by atoms with van der Waals surface area (Å²) >= 11 is 1.38. The number of aryl methyl sites for hydroxylation is 3. The van der Waals surface area contributed by atoms with Crippen LogP contribution < -0.4 is 4.72 Å². The molecule has 0 radical (unpaired) electrons. The molecule has 0 atom stereocenters. The molecule has 7 nitrogen and oxygen atoms in total. The second-order valence-electron chi connectivity index (χ2n) is 4.99. The van der Waals surface area contributed by atoms with E-state index in [0.29, 0.717) is 10.8 Å². The molecule has 0 amide bonds. The van der Waals surface area contributed by atoms with Gasteiger partial charge in [-0.2, -0.15) is 13.5 Å². The highest BCUT2D eigenvalue weighted by molar-refractivity contribution is 7.92. The first-order valence-corrected chi connectivity index (χ1v) is 8.97. The average Bonchev–Trinajstić information content (AvgIpc) is 3.00. The van der Waals surface area contributed by atoms with Crippen molar-refractivity contribution in [2.45, 2.75) is 44.2 Å². The molecule has 9 heteroatoms. The number of rotatable bonds is 4. The van der Waals surface area contributed by atoms with Gasteiger partial charge < -0.3 is 5.11 Å². The number of aromatic amines is 1. The number of nitrogens with one attached hydrogen (secondary N) is 2. The van der Waals surface area contributed by atoms with Crippen LogP contribution in [0.25, 0.3) is 0 Å². The predicted octanol–water partition coefficient (Wildman–Crippen LogP) is 1.35. The molecule has 114 valence electrons. The fourth-order valence-electron chi connectivity index (χ4n) is 2.40. The van der Waals surface area contributed by atoms with E-state index in [9.17, 15) is 13.5 Å². The topological polar surface area (TPSA) is 108 Å². The van der Waals surface area contributed by atoms with E-state index in [1.165, 1.54) is 11.3 Å². The fourth-order valence-corrected chi connectivity index (χ4v) is 4.87. The lowest BCUT2D eigenvalue weighted by atomic mass is 10.0. The smallest absolute Gasteiger partial charge is 0.283 e. The zero-order valence-corrected chi connectivity index (χ0v) is 13.1. The first-order valence-electron chi connectivity index (χ1n) is 6.67. The van der Waals surface area contributed by atoms with Crippen molar-refractivity contribution in [1.82, 2.24) is 15.2 Å². The summed E-state index contributed by atoms with van der Waals surface area (Å²) in [6.07, 6.45) is 4.07. The molecule has 2 aromatic heterocycles. The molecule has 0 aromatic carbocycles. The van der Waals surface area contributed by atoms with Gasteiger partial charge in [-0.1, -0.05) is 0 Å². The van der Waals surface area contributed by atoms with Gasteiger partial charge in [-0.15, -0.1) is 11.3 Å². The number of thiazole rings is 1. The molecular weight excluding hydrogens is 312 g/mol. The van der Waals surface area contributed by atoms with Gasteiger partial charge in [0.25, 0.3) is 10.0 Å². The molecule has 3 N–H and O–H groups in total. The lowest BCUT2D eigenvalue weighted by molar-refractivity contribution is 0.277. The third kappa shape index (κ3) is 2.68. The van der Waals surface area contributed by atoms with Crippen molar-refractivity contribution in [2.24, 2.45) is 0 Å². The van der Waals surface area contributed by atoms with Gasteiger partial charge in [0.15, 0.2) is 5.13 Å². The van der Waals surface area contributed by atoms with Crippen LogP contribution in [-0.4, -0.2) is 28.7 Å². The van der Waals surface area contributed by atoms with Crippen molar-refractivity contribution in [3.05, 3.63) is 21.8 Å². The quantitative estimate of drug-likeness (QED) is 0.785. The number of anilines is 1. The summed E-state index contributed by atoms with van der Waals surface area (Å²) in [5.74, 6) is 0. The van der Waals surface area contributed by atoms with E-state index < -0.39 is 10.0 Å². The van der Waals surface area contributed by atoms with E-state index in [1.54, 1.807) is 6.92 Å². The third-order valence-electron chi connectivity index (χ3n) is 3.52. The van der Waals surface area contributed by atoms with E-state index in [-0.39, 0.29) is 17.2 Å². The number of hydrogen-bond acceptors (Lipinski definition) is 6. The Morgan fingerprint density at radius 1 is 1.38 bits per heavy atom. The zero-order valence-electron chi connectivity index (χ0n) is 11.5. The molecule has 0 fully saturated rings. The minimum absolute atomic E-state index is 0.171. The maximum absolute atomic E-state index is 12.4. The summed E-state index contributed by atoms with van der Waals surface area (Å²) in [4.78, 5) is 5.50. The molecule has 1 aliphatic carbocycles.